The molecular formula is C32H30N4O8. The molecule has 226 valence electrons. The maximum atomic E-state index is 12.0. The summed E-state index contributed by atoms with van der Waals surface area (Å²) in [5.74, 6) is -1.38. The number of phenolic OH excluding ortho intramolecular Hbond substituents is 2. The van der Waals surface area contributed by atoms with E-state index in [-0.39, 0.29) is 69.2 Å². The van der Waals surface area contributed by atoms with Crippen LogP contribution in [0.15, 0.2) is 72.8 Å². The van der Waals surface area contributed by atoms with Gasteiger partial charge in [0.05, 0.1) is 0 Å². The lowest BCUT2D eigenvalue weighted by molar-refractivity contribution is -0.115. The van der Waals surface area contributed by atoms with Gasteiger partial charge in [-0.1, -0.05) is 0 Å². The normalized spacial score (nSPS) is 10.4. The molecule has 6 N–H and O–H groups in total. The van der Waals surface area contributed by atoms with E-state index in [0.29, 0.717) is 22.8 Å². The van der Waals surface area contributed by atoms with Gasteiger partial charge in [0, 0.05) is 73.7 Å². The number of hydrogen-bond acceptors (Lipinski definition) is 8. The van der Waals surface area contributed by atoms with Gasteiger partial charge in [-0.2, -0.15) is 0 Å². The van der Waals surface area contributed by atoms with Crippen molar-refractivity contribution in [2.45, 2.75) is 27.7 Å². The van der Waals surface area contributed by atoms with Crippen LogP contribution in [-0.4, -0.2) is 33.8 Å². The predicted octanol–water partition coefficient (Wildman–Crippen LogP) is 6.18. The molecule has 0 atom stereocenters. The highest BCUT2D eigenvalue weighted by Crippen LogP contribution is 2.47. The number of amides is 4. The Morgan fingerprint density at radius 2 is 0.977 bits per heavy atom. The first kappa shape index (κ1) is 30.9. The first-order valence-electron chi connectivity index (χ1n) is 13.3. The number of aromatic hydroxyl groups is 2. The molecule has 0 spiro atoms. The second-order valence-corrected chi connectivity index (χ2v) is 9.72. The van der Waals surface area contributed by atoms with Crippen molar-refractivity contribution in [2.24, 2.45) is 0 Å². The quantitative estimate of drug-likeness (QED) is 0.124. The van der Waals surface area contributed by atoms with Crippen molar-refractivity contribution in [2.75, 3.05) is 21.3 Å². The van der Waals surface area contributed by atoms with Crippen molar-refractivity contribution in [3.8, 4) is 45.6 Å². The SMILES string of the molecule is CC(=O)Nc1ccc(Oc2cc(NC(C)=O)cc(-c3cc(NC(C)=O)ccc3Oc3cc(NC(C)=O)ccc3O)c2O)cc1. The third-order valence-electron chi connectivity index (χ3n) is 5.89. The topological polar surface area (TPSA) is 175 Å². The van der Waals surface area contributed by atoms with Gasteiger partial charge in [-0.05, 0) is 60.7 Å². The highest BCUT2D eigenvalue weighted by Gasteiger charge is 2.20. The van der Waals surface area contributed by atoms with Gasteiger partial charge in [0.2, 0.25) is 23.6 Å². The van der Waals surface area contributed by atoms with Crippen LogP contribution in [0.4, 0.5) is 22.7 Å². The molecule has 0 aliphatic carbocycles. The lowest BCUT2D eigenvalue weighted by Gasteiger charge is -2.18. The standard InChI is InChI=1S/C32H30N4O8/c1-17(37)33-21-5-9-25(10-6-21)43-31-16-24(36-20(4)40)14-27(32(31)42)26-13-22(34-18(2)38)8-12-29(26)44-30-15-23(35-19(3)39)7-11-28(30)41/h5-16,41-42H,1-4H3,(H,33,37)(H,34,38)(H,35,39)(H,36,40). The molecule has 0 fully saturated rings. The van der Waals surface area contributed by atoms with E-state index in [0.717, 1.165) is 0 Å². The molecule has 4 amide bonds. The summed E-state index contributed by atoms with van der Waals surface area (Å²) in [6, 6.07) is 18.3. The van der Waals surface area contributed by atoms with E-state index in [4.69, 9.17) is 9.47 Å². The molecule has 44 heavy (non-hydrogen) atoms. The van der Waals surface area contributed by atoms with E-state index in [9.17, 15) is 29.4 Å². The van der Waals surface area contributed by atoms with E-state index in [1.807, 2.05) is 0 Å². The summed E-state index contributed by atoms with van der Waals surface area (Å²) in [6.07, 6.45) is 0. The van der Waals surface area contributed by atoms with E-state index >= 15 is 0 Å². The molecule has 12 heteroatoms. The Hall–Kier alpha value is -6.04. The Morgan fingerprint density at radius 3 is 1.59 bits per heavy atom. The van der Waals surface area contributed by atoms with Gasteiger partial charge in [-0.3, -0.25) is 19.2 Å². The monoisotopic (exact) mass is 598 g/mol. The number of ether oxygens (including phenoxy) is 2. The zero-order valence-electron chi connectivity index (χ0n) is 24.3. The Labute approximate surface area is 252 Å². The summed E-state index contributed by atoms with van der Waals surface area (Å²) in [4.78, 5) is 46.8. The van der Waals surface area contributed by atoms with E-state index in [1.54, 1.807) is 36.4 Å². The molecule has 0 aromatic heterocycles. The number of carbonyl (C=O) groups excluding carboxylic acids is 4. The molecule has 0 saturated carbocycles. The molecule has 0 heterocycles. The molecule has 0 unspecified atom stereocenters. The minimum absolute atomic E-state index is 0.00184. The molecule has 0 aliphatic heterocycles. The van der Waals surface area contributed by atoms with Gasteiger partial charge in [-0.15, -0.1) is 0 Å². The van der Waals surface area contributed by atoms with E-state index < -0.39 is 0 Å². The van der Waals surface area contributed by atoms with Crippen LogP contribution < -0.4 is 30.7 Å². The molecule has 4 aromatic rings. The molecular weight excluding hydrogens is 568 g/mol. The van der Waals surface area contributed by atoms with Gasteiger partial charge in [0.1, 0.15) is 11.5 Å². The number of benzene rings is 4. The van der Waals surface area contributed by atoms with Crippen LogP contribution in [0, 0.1) is 0 Å². The summed E-state index contributed by atoms with van der Waals surface area (Å²) >= 11 is 0. The van der Waals surface area contributed by atoms with Crippen LogP contribution in [0.3, 0.4) is 0 Å². The minimum Gasteiger partial charge on any atom is -0.504 e. The van der Waals surface area contributed by atoms with Crippen molar-refractivity contribution in [1.29, 1.82) is 0 Å². The second kappa shape index (κ2) is 13.3. The van der Waals surface area contributed by atoms with Crippen molar-refractivity contribution < 1.29 is 38.9 Å². The van der Waals surface area contributed by atoms with Crippen LogP contribution >= 0.6 is 0 Å². The third-order valence-corrected chi connectivity index (χ3v) is 5.89. The highest BCUT2D eigenvalue weighted by molar-refractivity contribution is 5.94. The molecule has 4 aromatic carbocycles. The maximum Gasteiger partial charge on any atom is 0.221 e. The number of anilines is 4. The zero-order chi connectivity index (χ0) is 32.0. The fourth-order valence-electron chi connectivity index (χ4n) is 4.21. The summed E-state index contributed by atoms with van der Waals surface area (Å²) in [5, 5.41) is 32.6. The van der Waals surface area contributed by atoms with Gasteiger partial charge < -0.3 is 41.0 Å². The van der Waals surface area contributed by atoms with Crippen LogP contribution in [0.25, 0.3) is 11.1 Å². The molecule has 0 bridgehead atoms. The average Bonchev–Trinajstić information content (AvgIpc) is 2.93. The summed E-state index contributed by atoms with van der Waals surface area (Å²) in [5.41, 5.74) is 1.98. The Kier molecular flexibility index (Phi) is 9.34. The number of hydrogen-bond donors (Lipinski definition) is 6. The first-order valence-corrected chi connectivity index (χ1v) is 13.3. The Morgan fingerprint density at radius 1 is 0.500 bits per heavy atom. The number of carbonyl (C=O) groups is 4. The molecule has 0 radical (unpaired) electrons. The lowest BCUT2D eigenvalue weighted by Crippen LogP contribution is -2.07. The molecule has 0 aliphatic rings. The fourth-order valence-corrected chi connectivity index (χ4v) is 4.21. The van der Waals surface area contributed by atoms with E-state index in [1.165, 1.54) is 64.1 Å². The van der Waals surface area contributed by atoms with Crippen LogP contribution in [0.1, 0.15) is 27.7 Å². The lowest BCUT2D eigenvalue weighted by atomic mass is 10.0. The summed E-state index contributed by atoms with van der Waals surface area (Å²) in [6.45, 7) is 5.39. The number of rotatable bonds is 9. The summed E-state index contributed by atoms with van der Waals surface area (Å²) in [7, 11) is 0. The summed E-state index contributed by atoms with van der Waals surface area (Å²) < 4.78 is 12.0. The molecule has 12 nitrogen and oxygen atoms in total. The van der Waals surface area contributed by atoms with Gasteiger partial charge in [0.25, 0.3) is 0 Å². The van der Waals surface area contributed by atoms with Crippen molar-refractivity contribution >= 4 is 46.4 Å². The first-order chi connectivity index (χ1) is 20.9. The fraction of sp³-hybridized carbons (Fsp3) is 0.125. The molecule has 4 rings (SSSR count). The van der Waals surface area contributed by atoms with Crippen molar-refractivity contribution in [1.82, 2.24) is 0 Å². The average molecular weight is 599 g/mol. The van der Waals surface area contributed by atoms with Crippen molar-refractivity contribution in [3.05, 3.63) is 72.8 Å². The third kappa shape index (κ3) is 8.03. The smallest absolute Gasteiger partial charge is 0.221 e. The molecule has 0 saturated heterocycles. The van der Waals surface area contributed by atoms with E-state index in [2.05, 4.69) is 21.3 Å². The van der Waals surface area contributed by atoms with Gasteiger partial charge >= 0.3 is 0 Å². The second-order valence-electron chi connectivity index (χ2n) is 9.72. The Balaban J connectivity index is 1.84. The highest BCUT2D eigenvalue weighted by atomic mass is 16.5. The van der Waals surface area contributed by atoms with Crippen LogP contribution in [0.2, 0.25) is 0 Å². The zero-order valence-corrected chi connectivity index (χ0v) is 24.3. The minimum atomic E-state index is -0.379. The Bertz CT molecular complexity index is 1750. The maximum absolute atomic E-state index is 12.0. The predicted molar refractivity (Wildman–Crippen MR) is 165 cm³/mol. The van der Waals surface area contributed by atoms with Crippen molar-refractivity contribution in [3.63, 3.8) is 0 Å². The van der Waals surface area contributed by atoms with Gasteiger partial charge in [-0.25, -0.2) is 0 Å². The van der Waals surface area contributed by atoms with Crippen LogP contribution in [-0.2, 0) is 19.2 Å². The largest absolute Gasteiger partial charge is 0.504 e. The number of phenols is 2. The number of nitrogens with one attached hydrogen (secondary N) is 4. The van der Waals surface area contributed by atoms with Crippen LogP contribution in [0.5, 0.6) is 34.5 Å². The van der Waals surface area contributed by atoms with Gasteiger partial charge in [0.15, 0.2) is 23.0 Å².